The van der Waals surface area contributed by atoms with E-state index in [9.17, 15) is 4.79 Å². The normalized spacial score (nSPS) is 10.5. The van der Waals surface area contributed by atoms with Gasteiger partial charge in [-0.15, -0.1) is 0 Å². The summed E-state index contributed by atoms with van der Waals surface area (Å²) < 4.78 is 0.667. The zero-order valence-corrected chi connectivity index (χ0v) is 11.8. The van der Waals surface area contributed by atoms with Crippen LogP contribution in [-0.4, -0.2) is 15.0 Å². The van der Waals surface area contributed by atoms with Crippen LogP contribution in [0.2, 0.25) is 0 Å². The van der Waals surface area contributed by atoms with Gasteiger partial charge in [0.2, 0.25) is 0 Å². The molecule has 0 aromatic carbocycles. The van der Waals surface area contributed by atoms with Gasteiger partial charge in [0.05, 0.1) is 9.26 Å². The lowest BCUT2D eigenvalue weighted by Gasteiger charge is -2.07. The van der Waals surface area contributed by atoms with Crippen LogP contribution in [0.1, 0.15) is 18.2 Å². The predicted molar refractivity (Wildman–Crippen MR) is 74.9 cm³/mol. The number of rotatable bonds is 2. The molecule has 17 heavy (non-hydrogen) atoms. The van der Waals surface area contributed by atoms with E-state index in [1.54, 1.807) is 12.4 Å². The molecule has 2 rings (SSSR count). The van der Waals surface area contributed by atoms with Gasteiger partial charge in [-0.3, -0.25) is 9.78 Å². The number of aryl methyl sites for hydroxylation is 2. The molecule has 0 radical (unpaired) electrons. The highest BCUT2D eigenvalue weighted by Gasteiger charge is 2.10. The third-order valence-corrected chi connectivity index (χ3v) is 3.65. The molecule has 4 nitrogen and oxygen atoms in total. The van der Waals surface area contributed by atoms with Crippen LogP contribution in [0.3, 0.4) is 0 Å². The first-order chi connectivity index (χ1) is 8.13. The molecule has 5 heteroatoms. The van der Waals surface area contributed by atoms with Crippen molar-refractivity contribution in [3.8, 4) is 11.4 Å². The van der Waals surface area contributed by atoms with Gasteiger partial charge in [0.1, 0.15) is 5.82 Å². The molecule has 0 saturated heterocycles. The second kappa shape index (κ2) is 4.95. The van der Waals surface area contributed by atoms with Crippen molar-refractivity contribution in [3.63, 3.8) is 0 Å². The van der Waals surface area contributed by atoms with Gasteiger partial charge in [-0.05, 0) is 47.6 Å². The van der Waals surface area contributed by atoms with E-state index in [0.29, 0.717) is 9.39 Å². The van der Waals surface area contributed by atoms with Crippen molar-refractivity contribution in [1.82, 2.24) is 15.0 Å². The first-order valence-corrected chi connectivity index (χ1v) is 6.41. The Labute approximate surface area is 113 Å². The van der Waals surface area contributed by atoms with Gasteiger partial charge in [-0.1, -0.05) is 6.92 Å². The minimum absolute atomic E-state index is 0.0799. The molecule has 0 aliphatic rings. The van der Waals surface area contributed by atoms with E-state index in [4.69, 9.17) is 0 Å². The zero-order valence-electron chi connectivity index (χ0n) is 9.62. The molecule has 0 atom stereocenters. The monoisotopic (exact) mass is 341 g/mol. The lowest BCUT2D eigenvalue weighted by atomic mass is 10.1. The van der Waals surface area contributed by atoms with Crippen molar-refractivity contribution < 1.29 is 0 Å². The van der Waals surface area contributed by atoms with Crippen molar-refractivity contribution in [1.29, 1.82) is 0 Å². The number of aromatic nitrogens is 3. The largest absolute Gasteiger partial charge is 0.306 e. The van der Waals surface area contributed by atoms with E-state index in [0.717, 1.165) is 23.2 Å². The molecule has 88 valence electrons. The Bertz CT molecular complexity index is 607. The maximum Gasteiger partial charge on any atom is 0.264 e. The van der Waals surface area contributed by atoms with Crippen LogP contribution in [0.25, 0.3) is 11.4 Å². The van der Waals surface area contributed by atoms with Crippen molar-refractivity contribution in [3.05, 3.63) is 43.6 Å². The Balaban J connectivity index is 2.66. The van der Waals surface area contributed by atoms with E-state index < -0.39 is 0 Å². The third kappa shape index (κ3) is 2.38. The fraction of sp³-hybridized carbons (Fsp3) is 0.250. The molecule has 0 amide bonds. The van der Waals surface area contributed by atoms with Crippen LogP contribution in [0.4, 0.5) is 0 Å². The molecule has 2 heterocycles. The van der Waals surface area contributed by atoms with Crippen LogP contribution in [0, 0.1) is 10.5 Å². The second-order valence-electron chi connectivity index (χ2n) is 3.72. The standard InChI is InChI=1S/C12H12IN3O/c1-3-9-10(13)12(17)16-11(15-9)8-4-5-14-6-7(8)2/h4-6H,3H2,1-2H3,(H,15,16,17). The van der Waals surface area contributed by atoms with Crippen molar-refractivity contribution in [2.75, 3.05) is 0 Å². The molecule has 0 aliphatic carbocycles. The highest BCUT2D eigenvalue weighted by molar-refractivity contribution is 14.1. The Hall–Kier alpha value is -1.24. The maximum atomic E-state index is 11.8. The molecule has 0 bridgehead atoms. The highest BCUT2D eigenvalue weighted by atomic mass is 127. The SMILES string of the molecule is CCc1nc(-c2ccncc2C)[nH]c(=O)c1I. The van der Waals surface area contributed by atoms with Crippen LogP contribution in [-0.2, 0) is 6.42 Å². The Morgan fingerprint density at radius 3 is 2.88 bits per heavy atom. The van der Waals surface area contributed by atoms with Crippen molar-refractivity contribution >= 4 is 22.6 Å². The maximum absolute atomic E-state index is 11.8. The van der Waals surface area contributed by atoms with Crippen LogP contribution in [0.5, 0.6) is 0 Å². The van der Waals surface area contributed by atoms with Crippen molar-refractivity contribution in [2.45, 2.75) is 20.3 Å². The number of pyridine rings is 1. The molecule has 1 N–H and O–H groups in total. The highest BCUT2D eigenvalue weighted by Crippen LogP contribution is 2.18. The minimum atomic E-state index is -0.0799. The van der Waals surface area contributed by atoms with E-state index in [-0.39, 0.29) is 5.56 Å². The fourth-order valence-electron chi connectivity index (χ4n) is 1.61. The summed E-state index contributed by atoms with van der Waals surface area (Å²) in [5, 5.41) is 0. The van der Waals surface area contributed by atoms with Gasteiger partial charge < -0.3 is 4.98 Å². The molecular weight excluding hydrogens is 329 g/mol. The molecule has 0 unspecified atom stereocenters. The first-order valence-electron chi connectivity index (χ1n) is 5.33. The van der Waals surface area contributed by atoms with Crippen molar-refractivity contribution in [2.24, 2.45) is 0 Å². The van der Waals surface area contributed by atoms with E-state index in [1.807, 2.05) is 42.5 Å². The molecule has 2 aromatic heterocycles. The fourth-order valence-corrected chi connectivity index (χ4v) is 2.24. The van der Waals surface area contributed by atoms with Gasteiger partial charge in [0.25, 0.3) is 5.56 Å². The van der Waals surface area contributed by atoms with Gasteiger partial charge in [-0.25, -0.2) is 4.98 Å². The lowest BCUT2D eigenvalue weighted by Crippen LogP contribution is -2.16. The Morgan fingerprint density at radius 1 is 1.47 bits per heavy atom. The van der Waals surface area contributed by atoms with E-state index in [1.165, 1.54) is 0 Å². The molecular formula is C12H12IN3O. The quantitative estimate of drug-likeness (QED) is 0.853. The van der Waals surface area contributed by atoms with E-state index in [2.05, 4.69) is 15.0 Å². The average molecular weight is 341 g/mol. The smallest absolute Gasteiger partial charge is 0.264 e. The van der Waals surface area contributed by atoms with Gasteiger partial charge >= 0.3 is 0 Å². The number of nitrogens with zero attached hydrogens (tertiary/aromatic N) is 2. The zero-order chi connectivity index (χ0) is 12.4. The summed E-state index contributed by atoms with van der Waals surface area (Å²) in [6, 6.07) is 1.86. The van der Waals surface area contributed by atoms with Gasteiger partial charge in [0, 0.05) is 18.0 Å². The summed E-state index contributed by atoms with van der Waals surface area (Å²) in [5.41, 5.74) is 2.67. The Kier molecular flexibility index (Phi) is 3.56. The lowest BCUT2D eigenvalue weighted by molar-refractivity contribution is 0.966. The molecule has 0 spiro atoms. The summed E-state index contributed by atoms with van der Waals surface area (Å²) in [4.78, 5) is 23.1. The minimum Gasteiger partial charge on any atom is -0.306 e. The summed E-state index contributed by atoms with van der Waals surface area (Å²) in [7, 11) is 0. The van der Waals surface area contributed by atoms with Crippen LogP contribution in [0.15, 0.2) is 23.3 Å². The number of hydrogen-bond donors (Lipinski definition) is 1. The number of H-pyrrole nitrogens is 1. The topological polar surface area (TPSA) is 58.6 Å². The average Bonchev–Trinajstić information content (AvgIpc) is 2.33. The molecule has 0 aliphatic heterocycles. The molecule has 0 fully saturated rings. The van der Waals surface area contributed by atoms with Gasteiger partial charge in [-0.2, -0.15) is 0 Å². The first kappa shape index (κ1) is 12.2. The van der Waals surface area contributed by atoms with Crippen LogP contribution >= 0.6 is 22.6 Å². The van der Waals surface area contributed by atoms with E-state index >= 15 is 0 Å². The molecule has 2 aromatic rings. The summed E-state index contributed by atoms with van der Waals surface area (Å²) in [6.07, 6.45) is 4.21. The third-order valence-electron chi connectivity index (χ3n) is 2.54. The van der Waals surface area contributed by atoms with Gasteiger partial charge in [0.15, 0.2) is 0 Å². The Morgan fingerprint density at radius 2 is 2.24 bits per heavy atom. The van der Waals surface area contributed by atoms with Crippen LogP contribution < -0.4 is 5.56 Å². The number of aromatic amines is 1. The predicted octanol–water partition coefficient (Wildman–Crippen LogP) is 2.31. The second-order valence-corrected chi connectivity index (χ2v) is 4.80. The number of nitrogens with one attached hydrogen (secondary N) is 1. The summed E-state index contributed by atoms with van der Waals surface area (Å²) >= 11 is 2.03. The summed E-state index contributed by atoms with van der Waals surface area (Å²) in [5.74, 6) is 0.618. The molecule has 0 saturated carbocycles. The summed E-state index contributed by atoms with van der Waals surface area (Å²) in [6.45, 7) is 3.94. The number of halogens is 1. The number of hydrogen-bond acceptors (Lipinski definition) is 3.